The fourth-order valence-corrected chi connectivity index (χ4v) is 2.10. The van der Waals surface area contributed by atoms with Gasteiger partial charge in [0.1, 0.15) is 12.4 Å². The van der Waals surface area contributed by atoms with Crippen LogP contribution in [0.3, 0.4) is 0 Å². The van der Waals surface area contributed by atoms with Crippen molar-refractivity contribution in [3.05, 3.63) is 42.1 Å². The van der Waals surface area contributed by atoms with Crippen molar-refractivity contribution in [1.82, 2.24) is 19.7 Å². The van der Waals surface area contributed by atoms with Crippen LogP contribution in [-0.4, -0.2) is 26.9 Å². The van der Waals surface area contributed by atoms with Gasteiger partial charge in [-0.2, -0.15) is 5.10 Å². The van der Waals surface area contributed by atoms with Crippen LogP contribution in [0.1, 0.15) is 5.82 Å². The number of nitrogens with zero attached hydrogens (tertiary/aromatic N) is 4. The molecule has 0 fully saturated rings. The first-order valence-electron chi connectivity index (χ1n) is 6.13. The zero-order chi connectivity index (χ0) is 14.1. The van der Waals surface area contributed by atoms with Gasteiger partial charge in [-0.05, 0) is 24.3 Å². The predicted octanol–water partition coefficient (Wildman–Crippen LogP) is 2.32. The molecule has 0 spiro atoms. The van der Waals surface area contributed by atoms with Crippen molar-refractivity contribution in [2.45, 2.75) is 6.61 Å². The van der Waals surface area contributed by atoms with Crippen LogP contribution in [0.15, 0.2) is 30.5 Å². The number of hydrogen-bond donors (Lipinski definition) is 0. The quantitative estimate of drug-likeness (QED) is 0.734. The molecule has 0 atom stereocenters. The van der Waals surface area contributed by atoms with Crippen molar-refractivity contribution in [3.63, 3.8) is 0 Å². The number of ether oxygens (including phenoxy) is 1. The van der Waals surface area contributed by atoms with Gasteiger partial charge in [-0.3, -0.25) is 9.67 Å². The Labute approximate surface area is 115 Å². The minimum absolute atomic E-state index is 0.301. The molecule has 0 unspecified atom stereocenters. The number of hydrogen-bond acceptors (Lipinski definition) is 4. The highest BCUT2D eigenvalue weighted by molar-refractivity contribution is 5.92. The number of rotatable bonds is 3. The van der Waals surface area contributed by atoms with E-state index < -0.39 is 0 Å². The summed E-state index contributed by atoms with van der Waals surface area (Å²) in [5, 5.41) is 4.81. The Bertz CT molecular complexity index is 769. The van der Waals surface area contributed by atoms with E-state index >= 15 is 0 Å². The van der Waals surface area contributed by atoms with Crippen LogP contribution >= 0.6 is 0 Å². The molecule has 102 valence electrons. The van der Waals surface area contributed by atoms with Crippen LogP contribution in [0, 0.1) is 5.82 Å². The third-order valence-electron chi connectivity index (χ3n) is 3.08. The van der Waals surface area contributed by atoms with Gasteiger partial charge in [0.05, 0.1) is 5.52 Å². The summed E-state index contributed by atoms with van der Waals surface area (Å²) in [5.41, 5.74) is 1.27. The monoisotopic (exact) mass is 272 g/mol. The average molecular weight is 272 g/mol. The normalized spacial score (nSPS) is 11.2. The SMILES string of the molecule is COCc1nc(-c2ccc(F)c3cccnc23)nn1C. The first-order valence-corrected chi connectivity index (χ1v) is 6.13. The molecule has 0 saturated heterocycles. The highest BCUT2D eigenvalue weighted by Gasteiger charge is 2.14. The number of aromatic nitrogens is 4. The number of halogens is 1. The molecule has 0 amide bonds. The molecule has 0 aliphatic carbocycles. The summed E-state index contributed by atoms with van der Waals surface area (Å²) in [4.78, 5) is 8.66. The average Bonchev–Trinajstić information content (AvgIpc) is 2.81. The van der Waals surface area contributed by atoms with Crippen LogP contribution in [0.25, 0.3) is 22.3 Å². The van der Waals surface area contributed by atoms with E-state index in [0.717, 1.165) is 0 Å². The lowest BCUT2D eigenvalue weighted by atomic mass is 10.1. The number of aryl methyl sites for hydroxylation is 1. The Hall–Kier alpha value is -2.34. The standard InChI is InChI=1S/C14H13FN4O/c1-19-12(8-20-2)17-14(18-19)10-5-6-11(15)9-4-3-7-16-13(9)10/h3-7H,8H2,1-2H3. The topological polar surface area (TPSA) is 52.8 Å². The third kappa shape index (κ3) is 2.04. The summed E-state index contributed by atoms with van der Waals surface area (Å²) < 4.78 is 20.5. The zero-order valence-corrected chi connectivity index (χ0v) is 11.2. The van der Waals surface area contributed by atoms with Crippen molar-refractivity contribution in [2.75, 3.05) is 7.11 Å². The molecule has 0 aliphatic heterocycles. The Morgan fingerprint density at radius 1 is 1.30 bits per heavy atom. The molecule has 3 rings (SSSR count). The van der Waals surface area contributed by atoms with E-state index in [9.17, 15) is 4.39 Å². The van der Waals surface area contributed by atoms with Gasteiger partial charge in [-0.15, -0.1) is 0 Å². The Morgan fingerprint density at radius 3 is 2.95 bits per heavy atom. The van der Waals surface area contributed by atoms with Crippen molar-refractivity contribution in [3.8, 4) is 11.4 Å². The van der Waals surface area contributed by atoms with Crippen LogP contribution in [0.5, 0.6) is 0 Å². The van der Waals surface area contributed by atoms with Crippen LogP contribution in [0.2, 0.25) is 0 Å². The van der Waals surface area contributed by atoms with Gasteiger partial charge in [0.2, 0.25) is 0 Å². The van der Waals surface area contributed by atoms with E-state index in [-0.39, 0.29) is 5.82 Å². The fourth-order valence-electron chi connectivity index (χ4n) is 2.10. The highest BCUT2D eigenvalue weighted by Crippen LogP contribution is 2.26. The van der Waals surface area contributed by atoms with E-state index in [1.807, 2.05) is 0 Å². The highest BCUT2D eigenvalue weighted by atomic mass is 19.1. The van der Waals surface area contributed by atoms with Gasteiger partial charge in [0.25, 0.3) is 0 Å². The first-order chi connectivity index (χ1) is 9.70. The van der Waals surface area contributed by atoms with Crippen LogP contribution in [0.4, 0.5) is 4.39 Å². The molecule has 6 heteroatoms. The Kier molecular flexibility index (Phi) is 3.15. The maximum atomic E-state index is 13.8. The lowest BCUT2D eigenvalue weighted by Gasteiger charge is -2.02. The number of methoxy groups -OCH3 is 1. The molecule has 2 heterocycles. The van der Waals surface area contributed by atoms with Gasteiger partial charge in [0, 0.05) is 31.3 Å². The minimum atomic E-state index is -0.301. The Balaban J connectivity index is 2.20. The molecular weight excluding hydrogens is 259 g/mol. The zero-order valence-electron chi connectivity index (χ0n) is 11.2. The summed E-state index contributed by atoms with van der Waals surface area (Å²) in [6, 6.07) is 6.46. The summed E-state index contributed by atoms with van der Waals surface area (Å²) >= 11 is 0. The molecular formula is C14H13FN4O. The van der Waals surface area contributed by atoms with Crippen molar-refractivity contribution in [1.29, 1.82) is 0 Å². The predicted molar refractivity (Wildman–Crippen MR) is 72.4 cm³/mol. The minimum Gasteiger partial charge on any atom is -0.377 e. The van der Waals surface area contributed by atoms with Crippen molar-refractivity contribution >= 4 is 10.9 Å². The maximum Gasteiger partial charge on any atom is 0.183 e. The lowest BCUT2D eigenvalue weighted by Crippen LogP contribution is -2.00. The first kappa shape index (κ1) is 12.7. The molecule has 20 heavy (non-hydrogen) atoms. The smallest absolute Gasteiger partial charge is 0.183 e. The van der Waals surface area contributed by atoms with Crippen LogP contribution < -0.4 is 0 Å². The molecule has 0 radical (unpaired) electrons. The summed E-state index contributed by atoms with van der Waals surface area (Å²) in [6.45, 7) is 0.371. The van der Waals surface area contributed by atoms with E-state index in [1.165, 1.54) is 6.07 Å². The van der Waals surface area contributed by atoms with E-state index in [1.54, 1.807) is 43.2 Å². The molecule has 0 bridgehead atoms. The van der Waals surface area contributed by atoms with Gasteiger partial charge in [0.15, 0.2) is 11.6 Å². The van der Waals surface area contributed by atoms with Crippen LogP contribution in [-0.2, 0) is 18.4 Å². The number of benzene rings is 1. The second-order valence-corrected chi connectivity index (χ2v) is 4.40. The molecule has 2 aromatic heterocycles. The van der Waals surface area contributed by atoms with Gasteiger partial charge < -0.3 is 4.74 Å². The number of fused-ring (bicyclic) bond motifs is 1. The molecule has 0 N–H and O–H groups in total. The molecule has 0 saturated carbocycles. The van der Waals surface area contributed by atoms with Gasteiger partial charge in [-0.1, -0.05) is 0 Å². The molecule has 5 nitrogen and oxygen atoms in total. The largest absolute Gasteiger partial charge is 0.377 e. The molecule has 3 aromatic rings. The van der Waals surface area contributed by atoms with Gasteiger partial charge >= 0.3 is 0 Å². The van der Waals surface area contributed by atoms with E-state index in [4.69, 9.17) is 4.74 Å². The van der Waals surface area contributed by atoms with Gasteiger partial charge in [-0.25, -0.2) is 9.37 Å². The Morgan fingerprint density at radius 2 is 2.15 bits per heavy atom. The maximum absolute atomic E-state index is 13.8. The lowest BCUT2D eigenvalue weighted by molar-refractivity contribution is 0.174. The van der Waals surface area contributed by atoms with Crippen molar-refractivity contribution < 1.29 is 9.13 Å². The second kappa shape index (κ2) is 4.97. The van der Waals surface area contributed by atoms with Crippen molar-refractivity contribution in [2.24, 2.45) is 7.05 Å². The molecule has 0 aliphatic rings. The second-order valence-electron chi connectivity index (χ2n) is 4.40. The summed E-state index contributed by atoms with van der Waals surface area (Å²) in [7, 11) is 3.40. The fraction of sp³-hybridized carbons (Fsp3) is 0.214. The van der Waals surface area contributed by atoms with E-state index in [0.29, 0.717) is 34.7 Å². The molecule has 1 aromatic carbocycles. The summed E-state index contributed by atoms with van der Waals surface area (Å²) in [6.07, 6.45) is 1.63. The third-order valence-corrected chi connectivity index (χ3v) is 3.08. The number of pyridine rings is 1. The van der Waals surface area contributed by atoms with E-state index in [2.05, 4.69) is 15.1 Å². The summed E-state index contributed by atoms with van der Waals surface area (Å²) in [5.74, 6) is 0.920.